The normalized spacial score (nSPS) is 34.8. The number of hydrogen-bond acceptors (Lipinski definition) is 2. The molecule has 0 radical (unpaired) electrons. The van der Waals surface area contributed by atoms with Gasteiger partial charge in [-0.15, -0.1) is 0 Å². The lowest BCUT2D eigenvalue weighted by atomic mass is 10.00. The van der Waals surface area contributed by atoms with Gasteiger partial charge in [0.25, 0.3) is 0 Å². The smallest absolute Gasteiger partial charge is 0.0565 e. The van der Waals surface area contributed by atoms with Crippen LogP contribution in [-0.2, 0) is 4.74 Å². The van der Waals surface area contributed by atoms with Crippen LogP contribution in [0.25, 0.3) is 0 Å². The van der Waals surface area contributed by atoms with Gasteiger partial charge in [-0.2, -0.15) is 0 Å². The molecule has 1 aliphatic heterocycles. The molecule has 1 fully saturated rings. The van der Waals surface area contributed by atoms with Crippen molar-refractivity contribution < 1.29 is 4.74 Å². The molecule has 0 aliphatic carbocycles. The highest BCUT2D eigenvalue weighted by atomic mass is 16.5. The quantitative estimate of drug-likeness (QED) is 0.679. The van der Waals surface area contributed by atoms with Crippen LogP contribution >= 0.6 is 0 Å². The number of ether oxygens (including phenoxy) is 1. The largest absolute Gasteiger partial charge is 0.375 e. The Morgan fingerprint density at radius 2 is 1.85 bits per heavy atom. The Hall–Kier alpha value is -0.0800. The van der Waals surface area contributed by atoms with Crippen LogP contribution in [0.1, 0.15) is 46.5 Å². The standard InChI is InChI=1S/C11H23NO/c1-4-5-6-12-11-7-9(2)13-10(3)8-11/h9-12H,4-8H2,1-3H3/t9-,10-/m1/s1. The summed E-state index contributed by atoms with van der Waals surface area (Å²) in [5.41, 5.74) is 0. The van der Waals surface area contributed by atoms with E-state index in [1.54, 1.807) is 0 Å². The molecule has 0 aromatic heterocycles. The van der Waals surface area contributed by atoms with Crippen molar-refractivity contribution >= 4 is 0 Å². The zero-order valence-electron chi connectivity index (χ0n) is 9.18. The summed E-state index contributed by atoms with van der Waals surface area (Å²) in [6.45, 7) is 7.74. The van der Waals surface area contributed by atoms with E-state index in [0.717, 1.165) is 0 Å². The first-order valence-corrected chi connectivity index (χ1v) is 5.61. The molecule has 0 aromatic rings. The maximum absolute atomic E-state index is 5.68. The Labute approximate surface area is 82.0 Å². The first-order chi connectivity index (χ1) is 6.22. The van der Waals surface area contributed by atoms with Gasteiger partial charge in [0, 0.05) is 6.04 Å². The van der Waals surface area contributed by atoms with Crippen molar-refractivity contribution in [2.75, 3.05) is 6.54 Å². The molecule has 2 heteroatoms. The molecule has 2 nitrogen and oxygen atoms in total. The lowest BCUT2D eigenvalue weighted by Gasteiger charge is -2.32. The molecular formula is C11H23NO. The molecule has 0 spiro atoms. The fraction of sp³-hybridized carbons (Fsp3) is 1.00. The Morgan fingerprint density at radius 1 is 1.23 bits per heavy atom. The second-order valence-corrected chi connectivity index (χ2v) is 4.23. The molecule has 0 saturated carbocycles. The fourth-order valence-electron chi connectivity index (χ4n) is 2.05. The summed E-state index contributed by atoms with van der Waals surface area (Å²) in [6, 6.07) is 0.685. The second-order valence-electron chi connectivity index (χ2n) is 4.23. The summed E-state index contributed by atoms with van der Waals surface area (Å²) < 4.78 is 5.68. The number of unbranched alkanes of at least 4 members (excludes halogenated alkanes) is 1. The molecular weight excluding hydrogens is 162 g/mol. The Bertz CT molecular complexity index is 128. The third-order valence-electron chi connectivity index (χ3n) is 2.66. The maximum atomic E-state index is 5.68. The van der Waals surface area contributed by atoms with E-state index in [4.69, 9.17) is 4.74 Å². The third-order valence-corrected chi connectivity index (χ3v) is 2.66. The van der Waals surface area contributed by atoms with Crippen molar-refractivity contribution in [3.05, 3.63) is 0 Å². The van der Waals surface area contributed by atoms with E-state index in [2.05, 4.69) is 26.1 Å². The van der Waals surface area contributed by atoms with E-state index >= 15 is 0 Å². The first kappa shape index (κ1) is 11.0. The van der Waals surface area contributed by atoms with Gasteiger partial charge in [0.1, 0.15) is 0 Å². The van der Waals surface area contributed by atoms with E-state index in [1.807, 2.05) is 0 Å². The monoisotopic (exact) mass is 185 g/mol. The Morgan fingerprint density at radius 3 is 2.38 bits per heavy atom. The van der Waals surface area contributed by atoms with Crippen molar-refractivity contribution in [1.29, 1.82) is 0 Å². The lowest BCUT2D eigenvalue weighted by Crippen LogP contribution is -2.41. The summed E-state index contributed by atoms with van der Waals surface area (Å²) in [4.78, 5) is 0. The molecule has 1 saturated heterocycles. The number of rotatable bonds is 4. The first-order valence-electron chi connectivity index (χ1n) is 5.61. The minimum absolute atomic E-state index is 0.433. The molecule has 0 unspecified atom stereocenters. The maximum Gasteiger partial charge on any atom is 0.0565 e. The SMILES string of the molecule is CCCCNC1C[C@@H](C)O[C@H](C)C1. The van der Waals surface area contributed by atoms with Gasteiger partial charge in [-0.25, -0.2) is 0 Å². The van der Waals surface area contributed by atoms with Crippen molar-refractivity contribution in [3.8, 4) is 0 Å². The van der Waals surface area contributed by atoms with Crippen LogP contribution in [-0.4, -0.2) is 24.8 Å². The summed E-state index contributed by atoms with van der Waals surface area (Å²) in [7, 11) is 0. The molecule has 0 bridgehead atoms. The van der Waals surface area contributed by atoms with Crippen molar-refractivity contribution in [2.45, 2.75) is 64.7 Å². The Kier molecular flexibility index (Phi) is 4.74. The number of hydrogen-bond donors (Lipinski definition) is 1. The third kappa shape index (κ3) is 4.10. The predicted molar refractivity (Wildman–Crippen MR) is 55.9 cm³/mol. The van der Waals surface area contributed by atoms with Gasteiger partial charge in [-0.3, -0.25) is 0 Å². The predicted octanol–water partition coefficient (Wildman–Crippen LogP) is 2.33. The van der Waals surface area contributed by atoms with Crippen LogP contribution in [0, 0.1) is 0 Å². The van der Waals surface area contributed by atoms with E-state index < -0.39 is 0 Å². The highest BCUT2D eigenvalue weighted by Gasteiger charge is 2.23. The number of nitrogens with one attached hydrogen (secondary N) is 1. The topological polar surface area (TPSA) is 21.3 Å². The highest BCUT2D eigenvalue weighted by Crippen LogP contribution is 2.18. The minimum atomic E-state index is 0.433. The van der Waals surface area contributed by atoms with E-state index in [9.17, 15) is 0 Å². The van der Waals surface area contributed by atoms with Gasteiger partial charge in [0.05, 0.1) is 12.2 Å². The van der Waals surface area contributed by atoms with Gasteiger partial charge < -0.3 is 10.1 Å². The van der Waals surface area contributed by atoms with E-state index in [0.29, 0.717) is 18.2 Å². The molecule has 78 valence electrons. The van der Waals surface area contributed by atoms with Crippen LogP contribution in [0.2, 0.25) is 0 Å². The fourth-order valence-corrected chi connectivity index (χ4v) is 2.05. The van der Waals surface area contributed by atoms with Crippen LogP contribution in [0.5, 0.6) is 0 Å². The van der Waals surface area contributed by atoms with Crippen LogP contribution in [0.4, 0.5) is 0 Å². The molecule has 1 N–H and O–H groups in total. The van der Waals surface area contributed by atoms with Crippen LogP contribution < -0.4 is 5.32 Å². The molecule has 2 atom stereocenters. The zero-order valence-corrected chi connectivity index (χ0v) is 9.18. The summed E-state index contributed by atoms with van der Waals surface area (Å²) in [6.07, 6.45) is 5.79. The van der Waals surface area contributed by atoms with Crippen molar-refractivity contribution in [3.63, 3.8) is 0 Å². The minimum Gasteiger partial charge on any atom is -0.375 e. The van der Waals surface area contributed by atoms with Crippen molar-refractivity contribution in [2.24, 2.45) is 0 Å². The molecule has 0 amide bonds. The lowest BCUT2D eigenvalue weighted by molar-refractivity contribution is -0.0419. The van der Waals surface area contributed by atoms with Gasteiger partial charge >= 0.3 is 0 Å². The summed E-state index contributed by atoms with van der Waals surface area (Å²) in [5.74, 6) is 0. The average molecular weight is 185 g/mol. The van der Waals surface area contributed by atoms with Gasteiger partial charge in [-0.05, 0) is 39.7 Å². The molecule has 1 rings (SSSR count). The van der Waals surface area contributed by atoms with E-state index in [1.165, 1.54) is 32.2 Å². The highest BCUT2D eigenvalue weighted by molar-refractivity contribution is 4.78. The second kappa shape index (κ2) is 5.61. The van der Waals surface area contributed by atoms with Crippen LogP contribution in [0.15, 0.2) is 0 Å². The zero-order chi connectivity index (χ0) is 9.68. The Balaban J connectivity index is 2.17. The molecule has 13 heavy (non-hydrogen) atoms. The average Bonchev–Trinajstić information content (AvgIpc) is 2.03. The summed E-state index contributed by atoms with van der Waals surface area (Å²) in [5, 5.41) is 3.60. The van der Waals surface area contributed by atoms with Gasteiger partial charge in [-0.1, -0.05) is 13.3 Å². The van der Waals surface area contributed by atoms with Gasteiger partial charge in [0.2, 0.25) is 0 Å². The van der Waals surface area contributed by atoms with Gasteiger partial charge in [0.15, 0.2) is 0 Å². The summed E-state index contributed by atoms with van der Waals surface area (Å²) >= 11 is 0. The van der Waals surface area contributed by atoms with Crippen molar-refractivity contribution in [1.82, 2.24) is 5.32 Å². The van der Waals surface area contributed by atoms with E-state index in [-0.39, 0.29) is 0 Å². The molecule has 0 aromatic carbocycles. The van der Waals surface area contributed by atoms with Crippen LogP contribution in [0.3, 0.4) is 0 Å². The molecule has 1 heterocycles. The molecule has 1 aliphatic rings.